The highest BCUT2D eigenvalue weighted by Gasteiger charge is 2.47. The molecule has 2 unspecified atom stereocenters. The number of halogens is 25. The number of nitrogens with one attached hydrogen (secondary N) is 1. The highest BCUT2D eigenvalue weighted by Crippen LogP contribution is 2.43. The standard InChI is InChI=1S/3C14H14ClF5N4O2S.C7H9Cl2F2NO.C7H6F3N3OS.C4H7N3S.CH5N3S/c3*1-26-6-9-22-24-8(11(14(18,19)20)21-12(24)27-9)5-23-4-7(2-10(23)25)3-13(15,16)17;8-4-12-3-5(1-6(12)13)2-7(9,10)11;1-14-3-5-12-13-2-4(7(8,9)10)11-6(13)15-5;1-2-3-6-7-4(5)8-3;2-1(5)4-3/h3*7H,2-6H2,1H3;5H,1-4H2;2H,3H2,1H3;2H2,1H3,(H2,5,7);3H2,(H3,2,4,5)/t2*7-;;;;;/m10...../s1. The third-order valence-corrected chi connectivity index (χ3v) is 22.1. The van der Waals surface area contributed by atoms with E-state index in [9.17, 15) is 107 Å². The Bertz CT molecular complexity index is 4620. The van der Waals surface area contributed by atoms with Crippen LogP contribution in [0.15, 0.2) is 6.20 Å². The van der Waals surface area contributed by atoms with Crippen LogP contribution in [0.4, 0.5) is 92.9 Å². The van der Waals surface area contributed by atoms with Crippen molar-refractivity contribution in [3.63, 3.8) is 0 Å². The van der Waals surface area contributed by atoms with Crippen LogP contribution in [0.3, 0.4) is 0 Å². The summed E-state index contributed by atoms with van der Waals surface area (Å²) < 4.78 is 283. The molecule has 682 valence electrons. The second-order valence-corrected chi connectivity index (χ2v) is 34.5. The minimum Gasteiger partial charge on any atom is -0.377 e. The Morgan fingerprint density at radius 1 is 0.459 bits per heavy atom. The van der Waals surface area contributed by atoms with Crippen LogP contribution in [0.1, 0.15) is 123 Å². The number of amides is 4. The van der Waals surface area contributed by atoms with Gasteiger partial charge in [0.2, 0.25) is 48.6 Å². The molecule has 4 atom stereocenters. The van der Waals surface area contributed by atoms with Crippen LogP contribution >= 0.6 is 127 Å². The largest absolute Gasteiger partial charge is 0.435 e. The molecule has 9 aromatic rings. The van der Waals surface area contributed by atoms with Crippen LogP contribution in [0.5, 0.6) is 0 Å². The minimum absolute atomic E-state index is 0.0138. The molecule has 61 heteroatoms. The van der Waals surface area contributed by atoms with Gasteiger partial charge in [-0.1, -0.05) is 63.6 Å². The van der Waals surface area contributed by atoms with Crippen molar-refractivity contribution in [3.8, 4) is 0 Å². The van der Waals surface area contributed by atoms with Gasteiger partial charge in [0.15, 0.2) is 27.9 Å². The Hall–Kier alpha value is -6.82. The summed E-state index contributed by atoms with van der Waals surface area (Å²) in [6.07, 6.45) is -20.0. The Balaban J connectivity index is 0.000000206. The number of methoxy groups -OCH3 is 4. The zero-order valence-corrected chi connectivity index (χ0v) is 71.9. The number of imidazole rings is 4. The molecule has 4 aliphatic rings. The number of hydrogen-bond acceptors (Lipinski definition) is 26. The highest BCUT2D eigenvalue weighted by atomic mass is 35.5. The number of fused-ring (bicyclic) bond motifs is 4. The summed E-state index contributed by atoms with van der Waals surface area (Å²) >= 11 is 34.4. The topological polar surface area (TPSA) is 355 Å². The van der Waals surface area contributed by atoms with Crippen molar-refractivity contribution in [1.82, 2.24) is 93.6 Å². The molecule has 4 amide bonds. The van der Waals surface area contributed by atoms with E-state index in [-0.39, 0.29) is 138 Å². The van der Waals surface area contributed by atoms with Gasteiger partial charge in [-0.15, -0.1) is 21.8 Å². The molecular weight excluding hydrogens is 1920 g/mol. The molecule has 4 fully saturated rings. The number of nitrogen functional groups attached to an aromatic ring is 1. The molecule has 0 bridgehead atoms. The fraction of sp³-hybridized carbons (Fsp3) is 0.623. The first-order valence-corrected chi connectivity index (χ1v) is 41.0. The Labute approximate surface area is 725 Å². The molecule has 13 heterocycles. The smallest absolute Gasteiger partial charge is 0.377 e. The molecule has 4 saturated heterocycles. The van der Waals surface area contributed by atoms with Crippen molar-refractivity contribution in [1.29, 1.82) is 0 Å². The van der Waals surface area contributed by atoms with Gasteiger partial charge in [-0.2, -0.15) is 108 Å². The van der Waals surface area contributed by atoms with E-state index in [1.54, 1.807) is 0 Å². The van der Waals surface area contributed by atoms with Gasteiger partial charge >= 0.3 is 46.2 Å². The van der Waals surface area contributed by atoms with E-state index in [1.165, 1.54) is 44.7 Å². The summed E-state index contributed by atoms with van der Waals surface area (Å²) in [5.74, 6) is 0.345. The van der Waals surface area contributed by atoms with E-state index >= 15 is 0 Å². The van der Waals surface area contributed by atoms with Crippen LogP contribution in [-0.4, -0.2) is 199 Å². The molecule has 0 spiro atoms. The molecule has 122 heavy (non-hydrogen) atoms. The van der Waals surface area contributed by atoms with E-state index in [0.29, 0.717) is 25.2 Å². The molecule has 0 radical (unpaired) electrons. The summed E-state index contributed by atoms with van der Waals surface area (Å²) in [6.45, 7) is 1.25. The molecule has 0 aromatic carbocycles. The van der Waals surface area contributed by atoms with Gasteiger partial charge in [0.25, 0.3) is 0 Å². The number of likely N-dealkylation sites (tertiary alicyclic amines) is 4. The quantitative estimate of drug-likeness (QED) is 0.0109. The van der Waals surface area contributed by atoms with Crippen molar-refractivity contribution in [3.05, 3.63) is 71.1 Å². The lowest BCUT2D eigenvalue weighted by Gasteiger charge is -2.18. The fourth-order valence-corrected chi connectivity index (χ4v) is 17.2. The Kier molecular flexibility index (Phi) is 35.8. The summed E-state index contributed by atoms with van der Waals surface area (Å²) in [5.41, 5.74) is 6.80. The van der Waals surface area contributed by atoms with Gasteiger partial charge in [0.05, 0.1) is 75.3 Å². The number of carbonyl (C=O) groups excluding carboxylic acids is 4. The number of nitrogens with two attached hydrogens (primary N) is 3. The van der Waals surface area contributed by atoms with Gasteiger partial charge in [-0.25, -0.2) is 43.8 Å². The average Bonchev–Trinajstić information content (AvgIpc) is 1.62. The normalized spacial score (nSPS) is 17.5. The number of carbonyl (C=O) groups is 4. The lowest BCUT2D eigenvalue weighted by Crippen LogP contribution is -2.34. The van der Waals surface area contributed by atoms with Gasteiger partial charge in [0.1, 0.15) is 25.0 Å². The van der Waals surface area contributed by atoms with Crippen LogP contribution in [0.2, 0.25) is 0 Å². The predicted octanol–water partition coefficient (Wildman–Crippen LogP) is 14.2. The first-order chi connectivity index (χ1) is 56.4. The van der Waals surface area contributed by atoms with Crippen LogP contribution in [0.25, 0.3) is 19.8 Å². The predicted molar refractivity (Wildman–Crippen MR) is 407 cm³/mol. The van der Waals surface area contributed by atoms with Crippen molar-refractivity contribution >= 4 is 181 Å². The monoisotopic (exact) mass is 1980 g/mol. The summed E-state index contributed by atoms with van der Waals surface area (Å²) in [7, 11) is 5.75. The number of hydrazine groups is 1. The zero-order valence-electron chi connectivity index (χ0n) is 63.2. The SMILES string of the molecule is CCc1nnc(N)s1.COCc1nn2c(CN3CC(CC(F)(F)Cl)CC3=O)c(C(F)(F)F)nc2s1.COCc1nn2c(CN3C[C@@H](CC(F)(F)Cl)CC3=O)c(C(F)(F)F)nc2s1.COCc1nn2c(CN3C[C@H](CC(F)(F)Cl)CC3=O)c(C(F)(F)F)nc2s1.COCc1nn2cc(C(F)(F)F)nc2s1.NNC(N)=S.O=C1CC(CC(F)(F)Cl)CN1CCl. The third-order valence-electron chi connectivity index (χ3n) is 16.6. The molecule has 13 rings (SSSR count). The molecule has 30 nitrogen and oxygen atoms in total. The van der Waals surface area contributed by atoms with Crippen LogP contribution in [-0.2, 0) is 115 Å². The molecule has 0 aliphatic carbocycles. The molecular formula is C61H69Cl5F20N22O8S6. The Morgan fingerprint density at radius 2 is 0.746 bits per heavy atom. The number of hydrogen-bond donors (Lipinski definition) is 4. The van der Waals surface area contributed by atoms with E-state index in [2.05, 4.69) is 68.6 Å². The number of anilines is 1. The van der Waals surface area contributed by atoms with Crippen molar-refractivity contribution < 1.29 is 126 Å². The molecule has 9 aromatic heterocycles. The van der Waals surface area contributed by atoms with Crippen molar-refractivity contribution in [2.24, 2.45) is 35.2 Å². The first-order valence-electron chi connectivity index (χ1n) is 34.4. The first kappa shape index (κ1) is 102. The van der Waals surface area contributed by atoms with Crippen LogP contribution in [0, 0.1) is 23.7 Å². The lowest BCUT2D eigenvalue weighted by atomic mass is 10.1. The molecule has 7 N–H and O–H groups in total. The maximum atomic E-state index is 13.3. The van der Waals surface area contributed by atoms with Crippen molar-refractivity contribution in [2.75, 3.05) is 66.4 Å². The maximum absolute atomic E-state index is 13.3. The van der Waals surface area contributed by atoms with Crippen LogP contribution < -0.4 is 22.7 Å². The van der Waals surface area contributed by atoms with E-state index in [0.717, 1.165) is 95.7 Å². The summed E-state index contributed by atoms with van der Waals surface area (Å²) in [5, 5.41) is 13.4. The minimum atomic E-state index is -4.74. The number of aromatic nitrogens is 14. The number of nitrogens with zero attached hydrogens (tertiary/aromatic N) is 18. The van der Waals surface area contributed by atoms with E-state index in [1.807, 2.05) is 12.3 Å². The molecule has 4 aliphatic heterocycles. The average molecular weight is 1990 g/mol. The summed E-state index contributed by atoms with van der Waals surface area (Å²) in [6, 6.07) is 0.0587. The van der Waals surface area contributed by atoms with Gasteiger partial charge in [0, 0.05) is 106 Å². The Morgan fingerprint density at radius 3 is 0.967 bits per heavy atom. The second-order valence-electron chi connectivity index (χ2n) is 26.4. The number of ether oxygens (including phenoxy) is 4. The lowest BCUT2D eigenvalue weighted by molar-refractivity contribution is -0.143. The number of aryl methyl sites for hydroxylation is 1. The number of rotatable bonds is 24. The zero-order chi connectivity index (χ0) is 91.3. The fourth-order valence-electron chi connectivity index (χ4n) is 12.0. The second kappa shape index (κ2) is 42.7. The highest BCUT2D eigenvalue weighted by molar-refractivity contribution is 7.80. The van der Waals surface area contributed by atoms with Gasteiger partial charge in [-0.3, -0.25) is 19.2 Å². The number of alkyl halides is 25. The number of thiocarbonyl (C=S) groups is 1. The van der Waals surface area contributed by atoms with E-state index in [4.69, 9.17) is 88.4 Å². The van der Waals surface area contributed by atoms with Gasteiger partial charge in [-0.05, 0) is 88.7 Å². The maximum Gasteiger partial charge on any atom is 0.435 e. The summed E-state index contributed by atoms with van der Waals surface area (Å²) in [4.78, 5) is 66.4. The third kappa shape index (κ3) is 30.5. The van der Waals surface area contributed by atoms with Gasteiger partial charge < -0.3 is 55.4 Å². The van der Waals surface area contributed by atoms with Crippen molar-refractivity contribution in [2.45, 2.75) is 157 Å². The van der Waals surface area contributed by atoms with E-state index < -0.39 is 150 Å². The molecule has 0 saturated carbocycles.